The zero-order valence-electron chi connectivity index (χ0n) is 22.6. The van der Waals surface area contributed by atoms with E-state index in [0.717, 1.165) is 49.0 Å². The number of aliphatic carboxylic acids is 1. The van der Waals surface area contributed by atoms with E-state index >= 15 is 0 Å². The number of carbonyl (C=O) groups is 2. The number of fused-ring (bicyclic) bond motifs is 6. The van der Waals surface area contributed by atoms with E-state index in [2.05, 4.69) is 6.58 Å². The lowest BCUT2D eigenvalue weighted by atomic mass is 9.77. The van der Waals surface area contributed by atoms with Gasteiger partial charge < -0.3 is 10.2 Å². The first-order valence-electron chi connectivity index (χ1n) is 13.0. The maximum absolute atomic E-state index is 12.2. The molecule has 0 radical (unpaired) electrons. The molecule has 4 heteroatoms. The molecule has 2 aliphatic carbocycles. The van der Waals surface area contributed by atoms with Crippen molar-refractivity contribution in [3.05, 3.63) is 117 Å². The van der Waals surface area contributed by atoms with E-state index in [1.54, 1.807) is 24.3 Å². The average molecular weight is 507 g/mol. The van der Waals surface area contributed by atoms with Gasteiger partial charge in [0, 0.05) is 0 Å². The van der Waals surface area contributed by atoms with Crippen molar-refractivity contribution in [2.45, 2.75) is 41.0 Å². The number of phenols is 1. The summed E-state index contributed by atoms with van der Waals surface area (Å²) >= 11 is 0. The first-order chi connectivity index (χ1) is 18.4. The third-order valence-corrected chi connectivity index (χ3v) is 6.47. The van der Waals surface area contributed by atoms with Crippen LogP contribution in [0.25, 0.3) is 28.5 Å². The number of rotatable bonds is 4. The molecule has 0 saturated heterocycles. The molecule has 5 rings (SSSR count). The Morgan fingerprint density at radius 1 is 0.974 bits per heavy atom. The van der Waals surface area contributed by atoms with Gasteiger partial charge >= 0.3 is 5.97 Å². The Hall–Kier alpha value is -4.44. The Labute approximate surface area is 224 Å². The predicted molar refractivity (Wildman–Crippen MR) is 157 cm³/mol. The zero-order chi connectivity index (χ0) is 28.0. The van der Waals surface area contributed by atoms with Crippen molar-refractivity contribution in [3.63, 3.8) is 0 Å². The van der Waals surface area contributed by atoms with Crippen molar-refractivity contribution in [2.24, 2.45) is 0 Å². The summed E-state index contributed by atoms with van der Waals surface area (Å²) < 4.78 is 0. The van der Waals surface area contributed by atoms with Gasteiger partial charge in [0.15, 0.2) is 5.78 Å². The summed E-state index contributed by atoms with van der Waals surface area (Å²) in [5, 5.41) is 23.7. The molecule has 0 saturated carbocycles. The molecule has 0 atom stereocenters. The molecule has 4 nitrogen and oxygen atoms in total. The summed E-state index contributed by atoms with van der Waals surface area (Å²) in [7, 11) is 0. The standard InChI is InChI=1S/C30H22O4.2C2H6/c1-3-5-26(30(33)34)21(4-2)29-24-10-6-17-14-19(31)8-12-22(17)27(24)16-28-23-13-9-20(32)15-18(23)7-11-25(28)29;2*1-2/h3-15,31H,1,16H2,2H3,(H,33,34);2*1-2H3/b21-4+,26-5+;;. The highest BCUT2D eigenvalue weighted by Gasteiger charge is 2.26. The average Bonchev–Trinajstić information content (AvgIpc) is 2.94. The molecule has 0 bridgehead atoms. The molecule has 3 aromatic rings. The molecule has 2 N–H and O–H groups in total. The third kappa shape index (κ3) is 5.03. The number of carboxylic acids is 1. The summed E-state index contributed by atoms with van der Waals surface area (Å²) in [6.07, 6.45) is 10.5. The Balaban J connectivity index is 0.000000956. The minimum Gasteiger partial charge on any atom is -0.508 e. The van der Waals surface area contributed by atoms with E-state index in [9.17, 15) is 19.8 Å². The second kappa shape index (κ2) is 12.2. The van der Waals surface area contributed by atoms with Crippen LogP contribution >= 0.6 is 0 Å². The Morgan fingerprint density at radius 3 is 2.37 bits per heavy atom. The van der Waals surface area contributed by atoms with Crippen LogP contribution in [0.15, 0.2) is 84.5 Å². The molecule has 0 aliphatic heterocycles. The summed E-state index contributed by atoms with van der Waals surface area (Å²) in [4.78, 5) is 24.2. The topological polar surface area (TPSA) is 74.6 Å². The first kappa shape index (κ1) is 28.1. The number of carboxylic acid groups (broad SMARTS) is 1. The summed E-state index contributed by atoms with van der Waals surface area (Å²) in [5.41, 5.74) is 5.62. The normalized spacial score (nSPS) is 13.6. The number of hydrogen-bond acceptors (Lipinski definition) is 3. The fourth-order valence-electron chi connectivity index (χ4n) is 5.04. The van der Waals surface area contributed by atoms with Crippen LogP contribution in [-0.2, 0) is 16.0 Å². The largest absolute Gasteiger partial charge is 0.508 e. The molecular weight excluding hydrogens is 472 g/mol. The van der Waals surface area contributed by atoms with Crippen LogP contribution in [0.1, 0.15) is 56.9 Å². The third-order valence-electron chi connectivity index (χ3n) is 6.47. The van der Waals surface area contributed by atoms with Crippen molar-refractivity contribution in [1.82, 2.24) is 0 Å². The fraction of sp³-hybridized carbons (Fsp3) is 0.176. The fourth-order valence-corrected chi connectivity index (χ4v) is 5.04. The molecular formula is C34H34O4. The predicted octanol–water partition coefficient (Wildman–Crippen LogP) is 6.22. The number of carbonyl (C=O) groups excluding carboxylic acids is 1. The monoisotopic (exact) mass is 506 g/mol. The van der Waals surface area contributed by atoms with E-state index < -0.39 is 5.97 Å². The van der Waals surface area contributed by atoms with Crippen molar-refractivity contribution in [3.8, 4) is 5.75 Å². The number of phenolic OH excluding ortho intramolecular Hbond substituents is 1. The molecule has 0 spiro atoms. The summed E-state index contributed by atoms with van der Waals surface area (Å²) in [6.45, 7) is 13.5. The number of benzene rings is 3. The number of allylic oxidation sites excluding steroid dienone is 4. The van der Waals surface area contributed by atoms with Gasteiger partial charge in [0.05, 0.1) is 5.57 Å². The van der Waals surface area contributed by atoms with Gasteiger partial charge in [0.1, 0.15) is 5.75 Å². The Kier molecular flexibility index (Phi) is 9.03. The van der Waals surface area contributed by atoms with Crippen LogP contribution in [0, 0.1) is 0 Å². The second-order valence-corrected chi connectivity index (χ2v) is 8.35. The molecule has 194 valence electrons. The highest BCUT2D eigenvalue weighted by atomic mass is 16.4. The lowest BCUT2D eigenvalue weighted by Gasteiger charge is -2.26. The van der Waals surface area contributed by atoms with Gasteiger partial charge in [-0.05, 0) is 98.3 Å². The van der Waals surface area contributed by atoms with Crippen LogP contribution in [0.5, 0.6) is 5.75 Å². The highest BCUT2D eigenvalue weighted by Crippen LogP contribution is 2.37. The molecule has 0 aromatic heterocycles. The van der Waals surface area contributed by atoms with Crippen LogP contribution < -0.4 is 10.4 Å². The maximum atomic E-state index is 12.2. The number of aromatic hydroxyl groups is 1. The van der Waals surface area contributed by atoms with Crippen molar-refractivity contribution in [1.29, 1.82) is 0 Å². The van der Waals surface area contributed by atoms with Crippen LogP contribution in [0.3, 0.4) is 0 Å². The molecule has 0 heterocycles. The van der Waals surface area contributed by atoms with Crippen LogP contribution in [0.2, 0.25) is 0 Å². The molecule has 3 aromatic carbocycles. The van der Waals surface area contributed by atoms with Gasteiger partial charge in [-0.1, -0.05) is 82.8 Å². The van der Waals surface area contributed by atoms with Gasteiger partial charge in [0.25, 0.3) is 0 Å². The van der Waals surface area contributed by atoms with E-state index in [4.69, 9.17) is 0 Å². The lowest BCUT2D eigenvalue weighted by molar-refractivity contribution is -0.132. The maximum Gasteiger partial charge on any atom is 0.336 e. The van der Waals surface area contributed by atoms with Crippen molar-refractivity contribution in [2.75, 3.05) is 0 Å². The molecule has 2 aliphatic rings. The Bertz CT molecular complexity index is 1650. The van der Waals surface area contributed by atoms with Crippen molar-refractivity contribution < 1.29 is 19.8 Å². The van der Waals surface area contributed by atoms with Gasteiger partial charge in [-0.3, -0.25) is 4.79 Å². The van der Waals surface area contributed by atoms with Crippen molar-refractivity contribution >= 4 is 40.3 Å². The van der Waals surface area contributed by atoms with E-state index in [1.807, 2.05) is 77.1 Å². The molecule has 0 unspecified atom stereocenters. The number of hydrogen-bond donors (Lipinski definition) is 2. The van der Waals surface area contributed by atoms with Crippen LogP contribution in [-0.4, -0.2) is 22.0 Å². The highest BCUT2D eigenvalue weighted by molar-refractivity contribution is 6.17. The zero-order valence-corrected chi connectivity index (χ0v) is 22.6. The summed E-state index contributed by atoms with van der Waals surface area (Å²) in [5.74, 6) is -0.890. The van der Waals surface area contributed by atoms with Gasteiger partial charge in [-0.2, -0.15) is 0 Å². The van der Waals surface area contributed by atoms with E-state index in [0.29, 0.717) is 12.0 Å². The quantitative estimate of drug-likeness (QED) is 0.325. The molecule has 0 fully saturated rings. The minimum absolute atomic E-state index is 0.0509. The van der Waals surface area contributed by atoms with Gasteiger partial charge in [-0.25, -0.2) is 4.79 Å². The smallest absolute Gasteiger partial charge is 0.336 e. The van der Waals surface area contributed by atoms with E-state index in [1.165, 1.54) is 12.2 Å². The SMILES string of the molecule is C=C/C=C(C(=O)O)\C(=C/C)C1=c2ccc3c(c2Cc2c1ccc1cc(O)ccc21)C=CC(=O)C=3.CC.CC. The first-order valence-corrected chi connectivity index (χ1v) is 13.0. The molecule has 38 heavy (non-hydrogen) atoms. The van der Waals surface area contributed by atoms with Gasteiger partial charge in [-0.15, -0.1) is 0 Å². The second-order valence-electron chi connectivity index (χ2n) is 8.35. The molecule has 0 amide bonds. The Morgan fingerprint density at radius 2 is 1.71 bits per heavy atom. The number of ketones is 1. The summed E-state index contributed by atoms with van der Waals surface area (Å²) in [6, 6.07) is 13.2. The minimum atomic E-state index is -1.03. The van der Waals surface area contributed by atoms with Crippen LogP contribution in [0.4, 0.5) is 0 Å². The van der Waals surface area contributed by atoms with E-state index in [-0.39, 0.29) is 17.1 Å². The van der Waals surface area contributed by atoms with Gasteiger partial charge in [0.2, 0.25) is 0 Å². The lowest BCUT2D eigenvalue weighted by Crippen LogP contribution is -2.29.